The Morgan fingerprint density at radius 1 is 1.22 bits per heavy atom. The second-order valence-corrected chi connectivity index (χ2v) is 2.49. The van der Waals surface area contributed by atoms with Gasteiger partial charge in [0.15, 0.2) is 0 Å². The predicted molar refractivity (Wildman–Crippen MR) is 30.0 cm³/mol. The van der Waals surface area contributed by atoms with Crippen LogP contribution in [0.1, 0.15) is 6.92 Å². The smallest absolute Gasteiger partial charge is 0.147 e. The molecule has 2 aliphatic heterocycles. The van der Waals surface area contributed by atoms with E-state index in [1.54, 1.807) is 0 Å². The molecular weight excluding hydrogens is 120 g/mol. The van der Waals surface area contributed by atoms with Gasteiger partial charge in [-0.1, -0.05) is 0 Å². The molecule has 0 radical (unpaired) electrons. The first kappa shape index (κ1) is 5.65. The van der Waals surface area contributed by atoms with E-state index < -0.39 is 0 Å². The molecule has 0 bridgehead atoms. The van der Waals surface area contributed by atoms with E-state index >= 15 is 0 Å². The summed E-state index contributed by atoms with van der Waals surface area (Å²) >= 11 is 0. The second-order valence-electron chi connectivity index (χ2n) is 2.49. The highest BCUT2D eigenvalue weighted by Crippen LogP contribution is 2.25. The van der Waals surface area contributed by atoms with E-state index in [2.05, 4.69) is 0 Å². The van der Waals surface area contributed by atoms with Gasteiger partial charge in [-0.05, 0) is 6.92 Å². The van der Waals surface area contributed by atoms with Crippen molar-refractivity contribution in [3.8, 4) is 0 Å². The summed E-state index contributed by atoms with van der Waals surface area (Å²) in [6.07, 6.45) is 0.741. The molecule has 2 aliphatic rings. The molecule has 0 aromatic carbocycles. The van der Waals surface area contributed by atoms with Crippen molar-refractivity contribution in [2.45, 2.75) is 25.2 Å². The maximum atomic E-state index is 5.20. The van der Waals surface area contributed by atoms with Crippen LogP contribution in [0.25, 0.3) is 0 Å². The summed E-state index contributed by atoms with van der Waals surface area (Å²) in [6.45, 7) is 3.20. The molecule has 3 nitrogen and oxygen atoms in total. The summed E-state index contributed by atoms with van der Waals surface area (Å²) in [7, 11) is 0. The van der Waals surface area contributed by atoms with E-state index in [1.807, 2.05) is 6.92 Å². The number of fused-ring (bicyclic) bond motifs is 1. The van der Waals surface area contributed by atoms with Crippen LogP contribution in [0.15, 0.2) is 0 Å². The quantitative estimate of drug-likeness (QED) is 0.467. The molecule has 2 fully saturated rings. The summed E-state index contributed by atoms with van der Waals surface area (Å²) < 4.78 is 15.6. The van der Waals surface area contributed by atoms with Crippen molar-refractivity contribution in [2.75, 3.05) is 13.4 Å². The maximum absolute atomic E-state index is 5.20. The van der Waals surface area contributed by atoms with Gasteiger partial charge < -0.3 is 14.2 Å². The summed E-state index contributed by atoms with van der Waals surface area (Å²) in [6, 6.07) is 0. The van der Waals surface area contributed by atoms with Gasteiger partial charge in [-0.25, -0.2) is 0 Å². The molecule has 2 saturated heterocycles. The summed E-state index contributed by atoms with van der Waals surface area (Å²) in [5.41, 5.74) is 0. The Bertz CT molecular complexity index is 109. The summed E-state index contributed by atoms with van der Waals surface area (Å²) in [4.78, 5) is 0. The van der Waals surface area contributed by atoms with E-state index in [9.17, 15) is 0 Å². The monoisotopic (exact) mass is 130 g/mol. The second kappa shape index (κ2) is 1.94. The third-order valence-electron chi connectivity index (χ3n) is 1.90. The highest BCUT2D eigenvalue weighted by molar-refractivity contribution is 4.86. The van der Waals surface area contributed by atoms with Gasteiger partial charge in [-0.2, -0.15) is 0 Å². The van der Waals surface area contributed by atoms with Crippen LogP contribution in [0.2, 0.25) is 0 Å². The van der Waals surface area contributed by atoms with Crippen molar-refractivity contribution < 1.29 is 14.2 Å². The van der Waals surface area contributed by atoms with Crippen LogP contribution in [0.3, 0.4) is 0 Å². The lowest BCUT2D eigenvalue weighted by Crippen LogP contribution is -2.56. The molecule has 2 heterocycles. The molecule has 0 aromatic heterocycles. The highest BCUT2D eigenvalue weighted by Gasteiger charge is 2.40. The van der Waals surface area contributed by atoms with Crippen LogP contribution in [0.5, 0.6) is 0 Å². The van der Waals surface area contributed by atoms with Crippen molar-refractivity contribution >= 4 is 0 Å². The first-order valence-electron chi connectivity index (χ1n) is 3.23. The maximum Gasteiger partial charge on any atom is 0.147 e. The molecule has 52 valence electrons. The van der Waals surface area contributed by atoms with Gasteiger partial charge in [0, 0.05) is 0 Å². The fourth-order valence-electron chi connectivity index (χ4n) is 1.20. The van der Waals surface area contributed by atoms with Gasteiger partial charge in [-0.3, -0.25) is 0 Å². The normalized spacial score (nSPS) is 49.7. The average molecular weight is 130 g/mol. The minimum Gasteiger partial charge on any atom is -0.370 e. The summed E-state index contributed by atoms with van der Waals surface area (Å²) in [5.74, 6) is 0. The summed E-state index contributed by atoms with van der Waals surface area (Å²) in [5, 5.41) is 0. The molecule has 9 heavy (non-hydrogen) atoms. The van der Waals surface area contributed by atoms with E-state index in [0.29, 0.717) is 12.9 Å². The number of hydrogen-bond acceptors (Lipinski definition) is 3. The molecule has 3 unspecified atom stereocenters. The van der Waals surface area contributed by atoms with Gasteiger partial charge in [0.1, 0.15) is 19.0 Å². The zero-order chi connectivity index (χ0) is 6.27. The van der Waals surface area contributed by atoms with Crippen molar-refractivity contribution in [1.82, 2.24) is 0 Å². The molecular formula is C6H10O3. The number of ether oxygens (including phenoxy) is 3. The molecule has 0 amide bonds. The minimum atomic E-state index is 0.207. The van der Waals surface area contributed by atoms with Crippen LogP contribution < -0.4 is 0 Å². The Morgan fingerprint density at radius 2 is 2.11 bits per heavy atom. The average Bonchev–Trinajstić information content (AvgIpc) is 1.74. The van der Waals surface area contributed by atoms with E-state index in [0.717, 1.165) is 6.61 Å². The Labute approximate surface area is 53.9 Å². The van der Waals surface area contributed by atoms with Gasteiger partial charge in [0.05, 0.1) is 12.7 Å². The highest BCUT2D eigenvalue weighted by atomic mass is 16.7. The third kappa shape index (κ3) is 0.764. The molecule has 0 saturated carbocycles. The number of hydrogen-bond donors (Lipinski definition) is 0. The topological polar surface area (TPSA) is 27.7 Å². The fourth-order valence-corrected chi connectivity index (χ4v) is 1.20. The van der Waals surface area contributed by atoms with Crippen LogP contribution in [-0.2, 0) is 14.2 Å². The largest absolute Gasteiger partial charge is 0.370 e. The van der Waals surface area contributed by atoms with Crippen molar-refractivity contribution in [3.05, 3.63) is 0 Å². The van der Waals surface area contributed by atoms with Crippen molar-refractivity contribution in [1.29, 1.82) is 0 Å². The molecule has 0 aliphatic carbocycles. The molecule has 0 spiro atoms. The first-order chi connectivity index (χ1) is 4.38. The first-order valence-corrected chi connectivity index (χ1v) is 3.23. The molecule has 0 N–H and O–H groups in total. The van der Waals surface area contributed by atoms with Gasteiger partial charge in [0.25, 0.3) is 0 Å². The predicted octanol–water partition coefficient (Wildman–Crippen LogP) is 0.147. The lowest BCUT2D eigenvalue weighted by Gasteiger charge is -2.43. The van der Waals surface area contributed by atoms with Gasteiger partial charge >= 0.3 is 0 Å². The van der Waals surface area contributed by atoms with Crippen molar-refractivity contribution in [2.24, 2.45) is 0 Å². The third-order valence-corrected chi connectivity index (χ3v) is 1.90. The Morgan fingerprint density at radius 3 is 2.56 bits per heavy atom. The van der Waals surface area contributed by atoms with Crippen LogP contribution in [-0.4, -0.2) is 31.7 Å². The Balaban J connectivity index is 1.98. The molecule has 2 rings (SSSR count). The minimum absolute atomic E-state index is 0.207. The van der Waals surface area contributed by atoms with Crippen LogP contribution in [0, 0.1) is 0 Å². The van der Waals surface area contributed by atoms with Gasteiger partial charge in [-0.15, -0.1) is 0 Å². The standard InChI is InChI=1S/C6H10O3/c1-4-6-5(2-7-6)9-3-8-4/h4-6H,2-3H2,1H3. The van der Waals surface area contributed by atoms with E-state index in [4.69, 9.17) is 14.2 Å². The van der Waals surface area contributed by atoms with Crippen LogP contribution in [0.4, 0.5) is 0 Å². The Hall–Kier alpha value is -0.120. The van der Waals surface area contributed by atoms with Crippen molar-refractivity contribution in [3.63, 3.8) is 0 Å². The fraction of sp³-hybridized carbons (Fsp3) is 1.00. The SMILES string of the molecule is CC1OCOC2COC12. The molecule has 3 atom stereocenters. The van der Waals surface area contributed by atoms with Crippen LogP contribution >= 0.6 is 0 Å². The molecule has 3 heteroatoms. The van der Waals surface area contributed by atoms with E-state index in [-0.39, 0.29) is 12.2 Å². The van der Waals surface area contributed by atoms with Gasteiger partial charge in [0.2, 0.25) is 0 Å². The number of rotatable bonds is 0. The zero-order valence-electron chi connectivity index (χ0n) is 5.37. The van der Waals surface area contributed by atoms with E-state index in [1.165, 1.54) is 0 Å². The Kier molecular flexibility index (Phi) is 1.22. The zero-order valence-corrected chi connectivity index (χ0v) is 5.37. The lowest BCUT2D eigenvalue weighted by molar-refractivity contribution is -0.305. The molecule has 0 aromatic rings. The lowest BCUT2D eigenvalue weighted by atomic mass is 10.0.